The van der Waals surface area contributed by atoms with Crippen LogP contribution >= 0.6 is 24.0 Å². The van der Waals surface area contributed by atoms with Gasteiger partial charge in [0.05, 0.1) is 18.6 Å². The minimum Gasteiger partial charge on any atom is -0.493 e. The molecule has 6 heteroatoms. The molecular formula is C27H25NO3S2. The third-order valence-electron chi connectivity index (χ3n) is 5.34. The summed E-state index contributed by atoms with van der Waals surface area (Å²) in [6.07, 6.45) is 1.85. The van der Waals surface area contributed by atoms with Gasteiger partial charge in [-0.05, 0) is 48.7 Å². The first-order valence-electron chi connectivity index (χ1n) is 10.6. The van der Waals surface area contributed by atoms with E-state index in [2.05, 4.69) is 31.2 Å². The second-order valence-corrected chi connectivity index (χ2v) is 9.61. The maximum Gasteiger partial charge on any atom is 0.266 e. The van der Waals surface area contributed by atoms with Crippen LogP contribution in [-0.4, -0.2) is 22.2 Å². The number of rotatable bonds is 7. The molecule has 0 bridgehead atoms. The van der Waals surface area contributed by atoms with Crippen LogP contribution in [0.5, 0.6) is 11.5 Å². The molecule has 1 aliphatic rings. The van der Waals surface area contributed by atoms with Crippen LogP contribution in [0.2, 0.25) is 0 Å². The normalized spacial score (nSPS) is 14.8. The smallest absolute Gasteiger partial charge is 0.266 e. The second kappa shape index (κ2) is 10.2. The molecule has 168 valence electrons. The molecule has 0 saturated carbocycles. The topological polar surface area (TPSA) is 38.8 Å². The van der Waals surface area contributed by atoms with Crippen molar-refractivity contribution >= 4 is 40.3 Å². The summed E-state index contributed by atoms with van der Waals surface area (Å²) in [5.41, 5.74) is 5.39. The molecule has 0 atom stereocenters. The van der Waals surface area contributed by atoms with Crippen LogP contribution in [0.15, 0.2) is 71.6 Å². The van der Waals surface area contributed by atoms with Crippen molar-refractivity contribution in [2.45, 2.75) is 27.0 Å². The van der Waals surface area contributed by atoms with E-state index in [1.54, 1.807) is 12.0 Å². The van der Waals surface area contributed by atoms with Crippen LogP contribution in [0, 0.1) is 13.8 Å². The standard InChI is InChI=1S/C27H25NO3S2/c1-18-4-8-20(9-5-18)16-28-26(29)25(33-27(28)32)15-22-12-13-23(24(14-22)30-3)31-17-21-10-6-19(2)7-11-21/h4-15H,16-17H2,1-3H3/b25-15-. The van der Waals surface area contributed by atoms with Gasteiger partial charge >= 0.3 is 0 Å². The van der Waals surface area contributed by atoms with E-state index in [9.17, 15) is 4.79 Å². The van der Waals surface area contributed by atoms with E-state index in [-0.39, 0.29) is 5.91 Å². The Labute approximate surface area is 204 Å². The highest BCUT2D eigenvalue weighted by Crippen LogP contribution is 2.35. The lowest BCUT2D eigenvalue weighted by Gasteiger charge is -2.14. The van der Waals surface area contributed by atoms with Gasteiger partial charge < -0.3 is 9.47 Å². The van der Waals surface area contributed by atoms with E-state index in [4.69, 9.17) is 21.7 Å². The highest BCUT2D eigenvalue weighted by molar-refractivity contribution is 8.26. The molecule has 3 aromatic rings. The minimum absolute atomic E-state index is 0.0794. The minimum atomic E-state index is -0.0794. The number of thiocarbonyl (C=S) groups is 1. The summed E-state index contributed by atoms with van der Waals surface area (Å²) < 4.78 is 12.1. The van der Waals surface area contributed by atoms with Gasteiger partial charge in [0.1, 0.15) is 10.9 Å². The molecule has 0 N–H and O–H groups in total. The summed E-state index contributed by atoms with van der Waals surface area (Å²) in [6, 6.07) is 22.0. The van der Waals surface area contributed by atoms with Crippen LogP contribution in [0.4, 0.5) is 0 Å². The second-order valence-electron chi connectivity index (χ2n) is 7.94. The fraction of sp³-hybridized carbons (Fsp3) is 0.185. The van der Waals surface area contributed by atoms with E-state index in [0.29, 0.717) is 33.9 Å². The van der Waals surface area contributed by atoms with Gasteiger partial charge in [0.2, 0.25) is 0 Å². The molecule has 0 spiro atoms. The SMILES string of the molecule is COc1cc(/C=C2\SC(=S)N(Cc3ccc(C)cc3)C2=O)ccc1OCc1ccc(C)cc1. The Hall–Kier alpha value is -3.09. The lowest BCUT2D eigenvalue weighted by atomic mass is 10.1. The zero-order valence-electron chi connectivity index (χ0n) is 18.8. The lowest BCUT2D eigenvalue weighted by molar-refractivity contribution is -0.122. The van der Waals surface area contributed by atoms with E-state index >= 15 is 0 Å². The Kier molecular flexibility index (Phi) is 7.16. The average molecular weight is 476 g/mol. The molecule has 0 aromatic heterocycles. The molecular weight excluding hydrogens is 450 g/mol. The first-order valence-corrected chi connectivity index (χ1v) is 11.8. The zero-order valence-corrected chi connectivity index (χ0v) is 20.5. The maximum absolute atomic E-state index is 13.0. The van der Waals surface area contributed by atoms with Crippen molar-refractivity contribution < 1.29 is 14.3 Å². The average Bonchev–Trinajstić information content (AvgIpc) is 3.07. The van der Waals surface area contributed by atoms with Crippen LogP contribution in [0.3, 0.4) is 0 Å². The number of thioether (sulfide) groups is 1. The predicted octanol–water partition coefficient (Wildman–Crippen LogP) is 6.29. The van der Waals surface area contributed by atoms with E-state index < -0.39 is 0 Å². The van der Waals surface area contributed by atoms with E-state index in [0.717, 1.165) is 16.7 Å². The zero-order chi connectivity index (χ0) is 23.4. The van der Waals surface area contributed by atoms with Gasteiger partial charge in [-0.1, -0.05) is 89.7 Å². The summed E-state index contributed by atoms with van der Waals surface area (Å²) in [5.74, 6) is 1.19. The molecule has 1 fully saturated rings. The fourth-order valence-electron chi connectivity index (χ4n) is 3.40. The summed E-state index contributed by atoms with van der Waals surface area (Å²) in [5, 5.41) is 0. The Bertz CT molecular complexity index is 1200. The number of aryl methyl sites for hydroxylation is 2. The number of nitrogens with zero attached hydrogens (tertiary/aromatic N) is 1. The van der Waals surface area contributed by atoms with Crippen LogP contribution in [0.25, 0.3) is 6.08 Å². The third kappa shape index (κ3) is 5.64. The predicted molar refractivity (Wildman–Crippen MR) is 138 cm³/mol. The number of amides is 1. The van der Waals surface area contributed by atoms with E-state index in [1.165, 1.54) is 22.9 Å². The first-order chi connectivity index (χ1) is 15.9. The van der Waals surface area contributed by atoms with Gasteiger partial charge in [0.25, 0.3) is 5.91 Å². The van der Waals surface area contributed by atoms with Gasteiger partial charge in [-0.2, -0.15) is 0 Å². The third-order valence-corrected chi connectivity index (χ3v) is 6.71. The molecule has 0 radical (unpaired) electrons. The van der Waals surface area contributed by atoms with Gasteiger partial charge in [-0.3, -0.25) is 9.69 Å². The Balaban J connectivity index is 1.47. The molecule has 4 rings (SSSR count). The highest BCUT2D eigenvalue weighted by Gasteiger charge is 2.32. The lowest BCUT2D eigenvalue weighted by Crippen LogP contribution is -2.27. The Morgan fingerprint density at radius 1 is 0.909 bits per heavy atom. The van der Waals surface area contributed by atoms with Crippen molar-refractivity contribution in [3.8, 4) is 11.5 Å². The van der Waals surface area contributed by atoms with Crippen molar-refractivity contribution in [3.63, 3.8) is 0 Å². The quantitative estimate of drug-likeness (QED) is 0.296. The molecule has 1 aliphatic heterocycles. The van der Waals surface area contributed by atoms with Crippen LogP contribution in [-0.2, 0) is 17.9 Å². The number of hydrogen-bond donors (Lipinski definition) is 0. The summed E-state index contributed by atoms with van der Waals surface area (Å²) in [7, 11) is 1.61. The number of benzene rings is 3. The molecule has 1 heterocycles. The number of carbonyl (C=O) groups excluding carboxylic acids is 1. The summed E-state index contributed by atoms with van der Waals surface area (Å²) >= 11 is 6.80. The van der Waals surface area contributed by atoms with Crippen LogP contribution < -0.4 is 9.47 Å². The van der Waals surface area contributed by atoms with Gasteiger partial charge in [0.15, 0.2) is 11.5 Å². The van der Waals surface area contributed by atoms with Gasteiger partial charge in [0, 0.05) is 0 Å². The Morgan fingerprint density at radius 2 is 1.55 bits per heavy atom. The van der Waals surface area contributed by atoms with Crippen molar-refractivity contribution in [1.82, 2.24) is 4.90 Å². The summed E-state index contributed by atoms with van der Waals surface area (Å²) in [4.78, 5) is 15.2. The molecule has 1 saturated heterocycles. The molecule has 0 unspecified atom stereocenters. The number of hydrogen-bond acceptors (Lipinski definition) is 5. The molecule has 4 nitrogen and oxygen atoms in total. The van der Waals surface area contributed by atoms with Crippen molar-refractivity contribution in [3.05, 3.63) is 99.5 Å². The molecule has 0 aliphatic carbocycles. The molecule has 3 aromatic carbocycles. The summed E-state index contributed by atoms with van der Waals surface area (Å²) in [6.45, 7) is 5.02. The molecule has 33 heavy (non-hydrogen) atoms. The van der Waals surface area contributed by atoms with Crippen molar-refractivity contribution in [2.75, 3.05) is 7.11 Å². The largest absolute Gasteiger partial charge is 0.493 e. The maximum atomic E-state index is 13.0. The van der Waals surface area contributed by atoms with Crippen molar-refractivity contribution in [1.29, 1.82) is 0 Å². The number of ether oxygens (including phenoxy) is 2. The number of carbonyl (C=O) groups is 1. The van der Waals surface area contributed by atoms with Gasteiger partial charge in [-0.15, -0.1) is 0 Å². The monoisotopic (exact) mass is 475 g/mol. The van der Waals surface area contributed by atoms with Gasteiger partial charge in [-0.25, -0.2) is 0 Å². The molecule has 1 amide bonds. The Morgan fingerprint density at radius 3 is 2.18 bits per heavy atom. The van der Waals surface area contributed by atoms with Crippen molar-refractivity contribution in [2.24, 2.45) is 0 Å². The van der Waals surface area contributed by atoms with E-state index in [1.807, 2.05) is 55.5 Å². The highest BCUT2D eigenvalue weighted by atomic mass is 32.2. The number of methoxy groups -OCH3 is 1. The first kappa shape index (κ1) is 23.1. The fourth-order valence-corrected chi connectivity index (χ4v) is 4.66. The van der Waals surface area contributed by atoms with Crippen LogP contribution in [0.1, 0.15) is 27.8 Å².